The van der Waals surface area contributed by atoms with Crippen LogP contribution in [0.2, 0.25) is 0 Å². The van der Waals surface area contributed by atoms with E-state index in [4.69, 9.17) is 9.47 Å². The van der Waals surface area contributed by atoms with E-state index >= 15 is 0 Å². The molecule has 1 saturated heterocycles. The quantitative estimate of drug-likeness (QED) is 0.904. The summed E-state index contributed by atoms with van der Waals surface area (Å²) in [7, 11) is 0. The summed E-state index contributed by atoms with van der Waals surface area (Å²) in [5.41, 5.74) is 1.15. The van der Waals surface area contributed by atoms with E-state index in [2.05, 4.69) is 10.3 Å². The van der Waals surface area contributed by atoms with Gasteiger partial charge in [0.25, 0.3) is 5.91 Å². The van der Waals surface area contributed by atoms with Crippen molar-refractivity contribution in [2.75, 3.05) is 18.5 Å². The van der Waals surface area contributed by atoms with E-state index in [0.717, 1.165) is 38.0 Å². The van der Waals surface area contributed by atoms with Crippen molar-refractivity contribution in [1.29, 1.82) is 0 Å². The number of rotatable bonds is 5. The van der Waals surface area contributed by atoms with Crippen LogP contribution in [-0.2, 0) is 27.1 Å². The fraction of sp³-hybridized carbons (Fsp3) is 0.714. The molecule has 2 unspecified atom stereocenters. The van der Waals surface area contributed by atoms with Gasteiger partial charge in [-0.05, 0) is 39.0 Å². The van der Waals surface area contributed by atoms with Crippen LogP contribution in [0.4, 0.5) is 5.13 Å². The third-order valence-electron chi connectivity index (χ3n) is 3.75. The number of anilines is 1. The van der Waals surface area contributed by atoms with Gasteiger partial charge in [0, 0.05) is 11.5 Å². The fourth-order valence-electron chi connectivity index (χ4n) is 2.55. The smallest absolute Gasteiger partial charge is 0.254 e. The Balaban J connectivity index is 1.47. The van der Waals surface area contributed by atoms with Crippen molar-refractivity contribution in [3.63, 3.8) is 0 Å². The lowest BCUT2D eigenvalue weighted by Crippen LogP contribution is -2.30. The number of amides is 1. The molecule has 1 aromatic rings. The highest BCUT2D eigenvalue weighted by Gasteiger charge is 2.22. The predicted octanol–water partition coefficient (Wildman–Crippen LogP) is 2.15. The Morgan fingerprint density at radius 3 is 3.20 bits per heavy atom. The molecule has 0 radical (unpaired) electrons. The van der Waals surface area contributed by atoms with E-state index in [9.17, 15) is 4.79 Å². The number of aromatic nitrogens is 1. The zero-order valence-corrected chi connectivity index (χ0v) is 12.5. The standard InChI is InChI=1S/C14H20N2O3S/c1-9(19-8-10-4-3-7-18-10)13(17)16-14-15-11-5-2-6-12(11)20-14/h9-10H,2-8H2,1H3,(H,15,16,17). The maximum atomic E-state index is 12.0. The fourth-order valence-corrected chi connectivity index (χ4v) is 3.61. The average Bonchev–Trinajstić information content (AvgIpc) is 3.11. The van der Waals surface area contributed by atoms with E-state index in [1.807, 2.05) is 0 Å². The molecule has 3 rings (SSSR count). The molecule has 1 amide bonds. The SMILES string of the molecule is CC(OCC1CCCO1)C(=O)Nc1nc2c(s1)CCC2. The third kappa shape index (κ3) is 3.19. The molecule has 2 atom stereocenters. The van der Waals surface area contributed by atoms with Crippen molar-refractivity contribution in [2.24, 2.45) is 0 Å². The summed E-state index contributed by atoms with van der Waals surface area (Å²) in [6, 6.07) is 0. The van der Waals surface area contributed by atoms with E-state index in [1.165, 1.54) is 11.3 Å². The first-order chi connectivity index (χ1) is 9.72. The molecule has 0 aromatic carbocycles. The lowest BCUT2D eigenvalue weighted by atomic mass is 10.2. The Morgan fingerprint density at radius 1 is 1.55 bits per heavy atom. The first-order valence-corrected chi connectivity index (χ1v) is 8.06. The number of nitrogens with zero attached hydrogens (tertiary/aromatic N) is 1. The van der Waals surface area contributed by atoms with Crippen molar-refractivity contribution < 1.29 is 14.3 Å². The van der Waals surface area contributed by atoms with Gasteiger partial charge in [0.1, 0.15) is 6.10 Å². The van der Waals surface area contributed by atoms with Gasteiger partial charge >= 0.3 is 0 Å². The highest BCUT2D eigenvalue weighted by atomic mass is 32.1. The second-order valence-electron chi connectivity index (χ2n) is 5.34. The minimum absolute atomic E-state index is 0.129. The zero-order valence-electron chi connectivity index (χ0n) is 11.7. The number of hydrogen-bond donors (Lipinski definition) is 1. The predicted molar refractivity (Wildman–Crippen MR) is 77.2 cm³/mol. The molecule has 1 fully saturated rings. The maximum Gasteiger partial charge on any atom is 0.254 e. The molecule has 2 aliphatic rings. The number of carbonyl (C=O) groups excluding carboxylic acids is 1. The molecule has 6 heteroatoms. The van der Waals surface area contributed by atoms with Gasteiger partial charge in [-0.3, -0.25) is 10.1 Å². The largest absolute Gasteiger partial charge is 0.376 e. The summed E-state index contributed by atoms with van der Waals surface area (Å²) in [6.07, 6.45) is 5.09. The van der Waals surface area contributed by atoms with Gasteiger partial charge in [0.15, 0.2) is 5.13 Å². The Kier molecular flexibility index (Phi) is 4.33. The molecular weight excluding hydrogens is 276 g/mol. The van der Waals surface area contributed by atoms with Crippen molar-refractivity contribution in [3.05, 3.63) is 10.6 Å². The van der Waals surface area contributed by atoms with Gasteiger partial charge in [0.05, 0.1) is 18.4 Å². The van der Waals surface area contributed by atoms with E-state index < -0.39 is 6.10 Å². The number of thiazole rings is 1. The Hall–Kier alpha value is -0.980. The number of hydrogen-bond acceptors (Lipinski definition) is 5. The molecule has 5 nitrogen and oxygen atoms in total. The zero-order chi connectivity index (χ0) is 13.9. The average molecular weight is 296 g/mol. The van der Waals surface area contributed by atoms with Crippen molar-refractivity contribution in [2.45, 2.75) is 51.2 Å². The summed E-state index contributed by atoms with van der Waals surface area (Å²) < 4.78 is 11.1. The normalized spacial score (nSPS) is 22.8. The highest BCUT2D eigenvalue weighted by Crippen LogP contribution is 2.30. The number of nitrogens with one attached hydrogen (secondary N) is 1. The van der Waals surface area contributed by atoms with Gasteiger partial charge in [-0.1, -0.05) is 0 Å². The Bertz CT molecular complexity index is 461. The van der Waals surface area contributed by atoms with Crippen LogP contribution in [0, 0.1) is 0 Å². The topological polar surface area (TPSA) is 60.5 Å². The van der Waals surface area contributed by atoms with Crippen LogP contribution in [0.5, 0.6) is 0 Å². The summed E-state index contributed by atoms with van der Waals surface area (Å²) in [5.74, 6) is -0.129. The Morgan fingerprint density at radius 2 is 2.45 bits per heavy atom. The third-order valence-corrected chi connectivity index (χ3v) is 4.82. The van der Waals surface area contributed by atoms with Crippen LogP contribution >= 0.6 is 11.3 Å². The molecule has 2 heterocycles. The monoisotopic (exact) mass is 296 g/mol. The van der Waals surface area contributed by atoms with Crippen LogP contribution in [-0.4, -0.2) is 36.3 Å². The Labute approximate surface area is 122 Å². The highest BCUT2D eigenvalue weighted by molar-refractivity contribution is 7.15. The summed E-state index contributed by atoms with van der Waals surface area (Å²) in [5, 5.41) is 3.55. The van der Waals surface area contributed by atoms with Gasteiger partial charge in [-0.15, -0.1) is 11.3 Å². The number of carbonyl (C=O) groups is 1. The molecule has 0 spiro atoms. The van der Waals surface area contributed by atoms with Crippen molar-refractivity contribution >= 4 is 22.4 Å². The minimum atomic E-state index is -0.474. The second-order valence-corrected chi connectivity index (χ2v) is 6.43. The first-order valence-electron chi connectivity index (χ1n) is 7.25. The second kappa shape index (κ2) is 6.20. The molecule has 1 N–H and O–H groups in total. The van der Waals surface area contributed by atoms with Gasteiger partial charge in [-0.25, -0.2) is 4.98 Å². The van der Waals surface area contributed by atoms with Crippen molar-refractivity contribution in [3.8, 4) is 0 Å². The van der Waals surface area contributed by atoms with E-state index in [0.29, 0.717) is 11.7 Å². The molecule has 1 aromatic heterocycles. The van der Waals surface area contributed by atoms with Gasteiger partial charge in [-0.2, -0.15) is 0 Å². The van der Waals surface area contributed by atoms with Crippen LogP contribution in [0.25, 0.3) is 0 Å². The van der Waals surface area contributed by atoms with Crippen LogP contribution in [0.15, 0.2) is 0 Å². The molecular formula is C14H20N2O3S. The summed E-state index contributed by atoms with van der Waals surface area (Å²) >= 11 is 1.59. The van der Waals surface area contributed by atoms with Crippen LogP contribution in [0.1, 0.15) is 36.8 Å². The molecule has 1 aliphatic heterocycles. The van der Waals surface area contributed by atoms with Crippen LogP contribution in [0.3, 0.4) is 0 Å². The molecule has 0 bridgehead atoms. The molecule has 1 aliphatic carbocycles. The number of aryl methyl sites for hydroxylation is 2. The summed E-state index contributed by atoms with van der Waals surface area (Å²) in [6.45, 7) is 3.06. The molecule has 20 heavy (non-hydrogen) atoms. The van der Waals surface area contributed by atoms with Gasteiger partial charge in [0.2, 0.25) is 0 Å². The lowest BCUT2D eigenvalue weighted by Gasteiger charge is -2.15. The lowest BCUT2D eigenvalue weighted by molar-refractivity contribution is -0.128. The van der Waals surface area contributed by atoms with Crippen molar-refractivity contribution in [1.82, 2.24) is 4.98 Å². The molecule has 110 valence electrons. The molecule has 0 saturated carbocycles. The summed E-state index contributed by atoms with van der Waals surface area (Å²) in [4.78, 5) is 17.8. The van der Waals surface area contributed by atoms with E-state index in [-0.39, 0.29) is 12.0 Å². The first kappa shape index (κ1) is 14.0. The minimum Gasteiger partial charge on any atom is -0.376 e. The van der Waals surface area contributed by atoms with Crippen LogP contribution < -0.4 is 5.32 Å². The number of ether oxygens (including phenoxy) is 2. The maximum absolute atomic E-state index is 12.0. The van der Waals surface area contributed by atoms with Gasteiger partial charge < -0.3 is 9.47 Å². The van der Waals surface area contributed by atoms with E-state index in [1.54, 1.807) is 18.3 Å². The number of fused-ring (bicyclic) bond motifs is 1.